The van der Waals surface area contributed by atoms with Gasteiger partial charge >= 0.3 is 0 Å². The molecule has 0 fully saturated rings. The fourth-order valence-corrected chi connectivity index (χ4v) is 2.26. The molecule has 2 unspecified atom stereocenters. The number of hydrogen-bond acceptors (Lipinski definition) is 3. The Morgan fingerprint density at radius 3 is 2.24 bits per heavy atom. The first kappa shape index (κ1) is 14.9. The lowest BCUT2D eigenvalue weighted by molar-refractivity contribution is -0.119. The average Bonchev–Trinajstić information content (AvgIpc) is 2.53. The number of nitrogens with one attached hydrogen (secondary N) is 1. The third-order valence-corrected chi connectivity index (χ3v) is 3.54. The van der Waals surface area contributed by atoms with E-state index in [1.54, 1.807) is 7.11 Å². The highest BCUT2D eigenvalue weighted by molar-refractivity contribution is 5.84. The van der Waals surface area contributed by atoms with Crippen LogP contribution in [0, 0.1) is 0 Å². The third kappa shape index (κ3) is 3.75. The molecule has 0 aliphatic carbocycles. The van der Waals surface area contributed by atoms with E-state index in [-0.39, 0.29) is 11.8 Å². The zero-order valence-corrected chi connectivity index (χ0v) is 12.2. The highest BCUT2D eigenvalue weighted by Gasteiger charge is 2.24. The molecule has 2 aromatic rings. The van der Waals surface area contributed by atoms with E-state index in [1.807, 2.05) is 61.5 Å². The van der Waals surface area contributed by atoms with Crippen LogP contribution in [0.5, 0.6) is 5.75 Å². The third-order valence-electron chi connectivity index (χ3n) is 3.54. The summed E-state index contributed by atoms with van der Waals surface area (Å²) in [6.45, 7) is 1.99. The van der Waals surface area contributed by atoms with Gasteiger partial charge in [-0.15, -0.1) is 0 Å². The fraction of sp³-hybridized carbons (Fsp3) is 0.235. The van der Waals surface area contributed by atoms with Crippen molar-refractivity contribution in [2.45, 2.75) is 18.9 Å². The van der Waals surface area contributed by atoms with E-state index in [0.29, 0.717) is 0 Å². The zero-order valence-electron chi connectivity index (χ0n) is 12.2. The molecule has 0 radical (unpaired) electrons. The van der Waals surface area contributed by atoms with Crippen molar-refractivity contribution in [1.82, 2.24) is 0 Å². The normalized spacial score (nSPS) is 13.2. The summed E-state index contributed by atoms with van der Waals surface area (Å²) in [6.07, 6.45) is 0. The van der Waals surface area contributed by atoms with Crippen LogP contribution < -0.4 is 15.8 Å². The molecule has 0 spiro atoms. The Balaban J connectivity index is 2.17. The summed E-state index contributed by atoms with van der Waals surface area (Å²) >= 11 is 0. The Morgan fingerprint density at radius 1 is 1.10 bits per heavy atom. The van der Waals surface area contributed by atoms with Crippen molar-refractivity contribution in [3.8, 4) is 5.75 Å². The second kappa shape index (κ2) is 6.79. The van der Waals surface area contributed by atoms with Gasteiger partial charge < -0.3 is 15.8 Å². The Morgan fingerprint density at radius 2 is 1.71 bits per heavy atom. The van der Waals surface area contributed by atoms with Crippen molar-refractivity contribution in [1.29, 1.82) is 0 Å². The second-order valence-corrected chi connectivity index (χ2v) is 4.95. The highest BCUT2D eigenvalue weighted by Crippen LogP contribution is 2.23. The summed E-state index contributed by atoms with van der Waals surface area (Å²) < 4.78 is 5.12. The van der Waals surface area contributed by atoms with Gasteiger partial charge in [0.25, 0.3) is 0 Å². The van der Waals surface area contributed by atoms with E-state index >= 15 is 0 Å². The van der Waals surface area contributed by atoms with E-state index in [1.165, 1.54) is 0 Å². The largest absolute Gasteiger partial charge is 0.497 e. The average molecular weight is 284 g/mol. The van der Waals surface area contributed by atoms with Crippen LogP contribution in [-0.2, 0) is 4.79 Å². The number of primary amides is 1. The topological polar surface area (TPSA) is 64.3 Å². The number of benzene rings is 2. The molecule has 2 aromatic carbocycles. The Bertz CT molecular complexity index is 581. The molecule has 2 atom stereocenters. The van der Waals surface area contributed by atoms with Crippen LogP contribution in [0.4, 0.5) is 5.69 Å². The molecule has 0 aromatic heterocycles. The predicted octanol–water partition coefficient (Wildman–Crippen LogP) is 2.76. The van der Waals surface area contributed by atoms with Crippen molar-refractivity contribution >= 4 is 11.6 Å². The number of ether oxygens (including phenoxy) is 1. The Kier molecular flexibility index (Phi) is 4.82. The SMILES string of the molecule is COc1ccc(NC(C(N)=O)C(C)c2ccccc2)cc1. The van der Waals surface area contributed by atoms with Crippen molar-refractivity contribution in [3.63, 3.8) is 0 Å². The summed E-state index contributed by atoms with van der Waals surface area (Å²) in [6, 6.07) is 16.8. The summed E-state index contributed by atoms with van der Waals surface area (Å²) in [5.41, 5.74) is 7.46. The predicted molar refractivity (Wildman–Crippen MR) is 84.5 cm³/mol. The van der Waals surface area contributed by atoms with Crippen molar-refractivity contribution in [3.05, 3.63) is 60.2 Å². The van der Waals surface area contributed by atoms with E-state index < -0.39 is 6.04 Å². The smallest absolute Gasteiger partial charge is 0.240 e. The van der Waals surface area contributed by atoms with Crippen LogP contribution in [-0.4, -0.2) is 19.1 Å². The van der Waals surface area contributed by atoms with Gasteiger partial charge in [0.15, 0.2) is 0 Å². The van der Waals surface area contributed by atoms with Gasteiger partial charge in [-0.2, -0.15) is 0 Å². The lowest BCUT2D eigenvalue weighted by atomic mass is 9.92. The molecule has 0 saturated heterocycles. The summed E-state index contributed by atoms with van der Waals surface area (Å²) in [7, 11) is 1.62. The monoisotopic (exact) mass is 284 g/mol. The number of amides is 1. The van der Waals surface area contributed by atoms with E-state index in [2.05, 4.69) is 5.32 Å². The van der Waals surface area contributed by atoms with Crippen molar-refractivity contribution in [2.24, 2.45) is 5.73 Å². The number of anilines is 1. The van der Waals surface area contributed by atoms with Gasteiger partial charge in [-0.1, -0.05) is 37.3 Å². The fourth-order valence-electron chi connectivity index (χ4n) is 2.26. The molecule has 21 heavy (non-hydrogen) atoms. The number of methoxy groups -OCH3 is 1. The number of hydrogen-bond donors (Lipinski definition) is 2. The van der Waals surface area contributed by atoms with E-state index in [0.717, 1.165) is 17.0 Å². The summed E-state index contributed by atoms with van der Waals surface area (Å²) in [4.78, 5) is 11.8. The van der Waals surface area contributed by atoms with Gasteiger partial charge in [0.05, 0.1) is 7.11 Å². The lowest BCUT2D eigenvalue weighted by Gasteiger charge is -2.23. The van der Waals surface area contributed by atoms with Crippen LogP contribution in [0.15, 0.2) is 54.6 Å². The maximum absolute atomic E-state index is 11.8. The second-order valence-electron chi connectivity index (χ2n) is 4.95. The minimum Gasteiger partial charge on any atom is -0.497 e. The van der Waals surface area contributed by atoms with Gasteiger partial charge in [-0.25, -0.2) is 0 Å². The minimum atomic E-state index is -0.471. The van der Waals surface area contributed by atoms with E-state index in [4.69, 9.17) is 10.5 Å². The zero-order chi connectivity index (χ0) is 15.2. The van der Waals surface area contributed by atoms with Crippen LogP contribution in [0.3, 0.4) is 0 Å². The van der Waals surface area contributed by atoms with Gasteiger partial charge in [-0.05, 0) is 29.8 Å². The first-order valence-electron chi connectivity index (χ1n) is 6.86. The standard InChI is InChI=1S/C17H20N2O2/c1-12(13-6-4-3-5-7-13)16(17(18)20)19-14-8-10-15(21-2)11-9-14/h3-12,16,19H,1-2H3,(H2,18,20). The number of carbonyl (C=O) groups is 1. The molecule has 1 amide bonds. The molecule has 0 saturated carbocycles. The quantitative estimate of drug-likeness (QED) is 0.857. The number of nitrogens with two attached hydrogens (primary N) is 1. The van der Waals surface area contributed by atoms with Gasteiger partial charge in [0.1, 0.15) is 11.8 Å². The van der Waals surface area contributed by atoms with Crippen molar-refractivity contribution in [2.75, 3.05) is 12.4 Å². The maximum Gasteiger partial charge on any atom is 0.240 e. The lowest BCUT2D eigenvalue weighted by Crippen LogP contribution is -2.39. The molecule has 110 valence electrons. The van der Waals surface area contributed by atoms with Crippen LogP contribution in [0.2, 0.25) is 0 Å². The first-order chi connectivity index (χ1) is 10.1. The number of carbonyl (C=O) groups excluding carboxylic acids is 1. The Labute approximate surface area is 124 Å². The van der Waals surface area contributed by atoms with Crippen LogP contribution in [0.25, 0.3) is 0 Å². The first-order valence-corrected chi connectivity index (χ1v) is 6.86. The van der Waals surface area contributed by atoms with Crippen LogP contribution in [0.1, 0.15) is 18.4 Å². The molecule has 2 rings (SSSR count). The molecule has 0 aliphatic rings. The van der Waals surface area contributed by atoms with Gasteiger partial charge in [0.2, 0.25) is 5.91 Å². The summed E-state index contributed by atoms with van der Waals surface area (Å²) in [5.74, 6) is 0.375. The van der Waals surface area contributed by atoms with Crippen molar-refractivity contribution < 1.29 is 9.53 Å². The minimum absolute atomic E-state index is 0.0224. The molecule has 0 bridgehead atoms. The highest BCUT2D eigenvalue weighted by atomic mass is 16.5. The molecule has 4 heteroatoms. The Hall–Kier alpha value is -2.49. The molecule has 0 heterocycles. The molecular formula is C17H20N2O2. The van der Waals surface area contributed by atoms with Gasteiger partial charge in [0, 0.05) is 11.6 Å². The van der Waals surface area contributed by atoms with Gasteiger partial charge in [-0.3, -0.25) is 4.79 Å². The summed E-state index contributed by atoms with van der Waals surface area (Å²) in [5, 5.41) is 3.20. The van der Waals surface area contributed by atoms with Crippen LogP contribution >= 0.6 is 0 Å². The molecule has 3 N–H and O–H groups in total. The number of rotatable bonds is 6. The molecule has 0 aliphatic heterocycles. The molecule has 4 nitrogen and oxygen atoms in total. The maximum atomic E-state index is 11.8. The van der Waals surface area contributed by atoms with E-state index in [9.17, 15) is 4.79 Å². The molecular weight excluding hydrogens is 264 g/mol.